The van der Waals surface area contributed by atoms with Crippen LogP contribution in [0.25, 0.3) is 5.52 Å². The van der Waals surface area contributed by atoms with Crippen LogP contribution in [-0.2, 0) is 0 Å². The van der Waals surface area contributed by atoms with Gasteiger partial charge < -0.3 is 10.1 Å². The maximum atomic E-state index is 5.88. The van der Waals surface area contributed by atoms with Crippen LogP contribution in [0.1, 0.15) is 24.0 Å². The highest BCUT2D eigenvalue weighted by Gasteiger charge is 2.12. The molecular weight excluding hydrogens is 220 g/mol. The first-order valence-electron chi connectivity index (χ1n) is 6.17. The molecule has 2 heterocycles. The van der Waals surface area contributed by atoms with Gasteiger partial charge in [-0.1, -0.05) is 37.3 Å². The number of nitrogen functional groups attached to an aromatic ring is 1. The Morgan fingerprint density at radius 2 is 1.72 bits per heavy atom. The molecule has 3 rings (SSSR count). The normalized spacial score (nSPS) is 12.7. The Morgan fingerprint density at radius 3 is 2.50 bits per heavy atom. The van der Waals surface area contributed by atoms with E-state index in [9.17, 15) is 0 Å². The van der Waals surface area contributed by atoms with E-state index < -0.39 is 0 Å². The molecule has 1 atom stereocenters. The van der Waals surface area contributed by atoms with Crippen LogP contribution in [0, 0.1) is 0 Å². The number of aromatic nitrogens is 1. The fourth-order valence-corrected chi connectivity index (χ4v) is 2.42. The second kappa shape index (κ2) is 4.22. The highest BCUT2D eigenvalue weighted by atomic mass is 14.9. The molecule has 0 spiro atoms. The van der Waals surface area contributed by atoms with Crippen molar-refractivity contribution >= 4 is 11.2 Å². The lowest BCUT2D eigenvalue weighted by atomic mass is 9.94. The van der Waals surface area contributed by atoms with E-state index in [0.717, 1.165) is 5.69 Å². The van der Waals surface area contributed by atoms with E-state index in [1.165, 1.54) is 16.6 Å². The summed E-state index contributed by atoms with van der Waals surface area (Å²) in [5.74, 6) is 0.373. The quantitative estimate of drug-likeness (QED) is 0.723. The zero-order valence-corrected chi connectivity index (χ0v) is 10.4. The first kappa shape index (κ1) is 10.9. The number of fused-ring (bicyclic) bond motifs is 1. The summed E-state index contributed by atoms with van der Waals surface area (Å²) in [6.45, 7) is 2.23. The van der Waals surface area contributed by atoms with Gasteiger partial charge in [-0.2, -0.15) is 0 Å². The molecule has 2 heteroatoms. The number of nitrogens with zero attached hydrogens (tertiary/aromatic N) is 1. The molecule has 0 radical (unpaired) electrons. The number of hydrogen-bond acceptors (Lipinski definition) is 1. The van der Waals surface area contributed by atoms with Crippen LogP contribution >= 0.6 is 0 Å². The Morgan fingerprint density at radius 1 is 1.00 bits per heavy atom. The van der Waals surface area contributed by atoms with Gasteiger partial charge in [0, 0.05) is 24.0 Å². The number of benzene rings is 1. The van der Waals surface area contributed by atoms with E-state index in [-0.39, 0.29) is 0 Å². The first-order valence-corrected chi connectivity index (χ1v) is 6.17. The Labute approximate surface area is 107 Å². The largest absolute Gasteiger partial charge is 0.399 e. The molecule has 1 aromatic carbocycles. The summed E-state index contributed by atoms with van der Waals surface area (Å²) in [6, 6.07) is 16.7. The summed E-state index contributed by atoms with van der Waals surface area (Å²) in [7, 11) is 0. The number of anilines is 1. The average molecular weight is 236 g/mol. The minimum Gasteiger partial charge on any atom is -0.399 e. The Balaban J connectivity index is 2.12. The molecule has 0 saturated carbocycles. The van der Waals surface area contributed by atoms with Crippen molar-refractivity contribution < 1.29 is 0 Å². The van der Waals surface area contributed by atoms with Crippen LogP contribution in [0.5, 0.6) is 0 Å². The van der Waals surface area contributed by atoms with Crippen molar-refractivity contribution in [1.82, 2.24) is 4.40 Å². The number of pyridine rings is 1. The molecule has 2 aromatic heterocycles. The smallest absolute Gasteiger partial charge is 0.0508 e. The highest BCUT2D eigenvalue weighted by molar-refractivity contribution is 5.64. The standard InChI is InChI=1S/C16H16N2/c1-12(13-5-3-2-4-6-13)15-8-10-18-9-7-14(17)11-16(15)18/h2-12H,17H2,1H3/t12-/m0/s1. The van der Waals surface area contributed by atoms with Gasteiger partial charge in [-0.25, -0.2) is 0 Å². The fraction of sp³-hybridized carbons (Fsp3) is 0.125. The maximum absolute atomic E-state index is 5.88. The van der Waals surface area contributed by atoms with Crippen molar-refractivity contribution in [3.05, 3.63) is 72.1 Å². The summed E-state index contributed by atoms with van der Waals surface area (Å²) in [6.07, 6.45) is 4.09. The minimum atomic E-state index is 0.373. The molecule has 0 aliphatic rings. The Kier molecular flexibility index (Phi) is 2.56. The van der Waals surface area contributed by atoms with E-state index in [1.807, 2.05) is 24.4 Å². The predicted octanol–water partition coefficient (Wildman–Crippen LogP) is 3.67. The van der Waals surface area contributed by atoms with E-state index in [0.29, 0.717) is 5.92 Å². The number of hydrogen-bond donors (Lipinski definition) is 1. The van der Waals surface area contributed by atoms with E-state index in [1.54, 1.807) is 0 Å². The molecule has 0 fully saturated rings. The molecule has 2 N–H and O–H groups in total. The second-order valence-corrected chi connectivity index (χ2v) is 4.66. The number of nitrogens with two attached hydrogens (primary N) is 1. The Hall–Kier alpha value is -2.22. The van der Waals surface area contributed by atoms with Gasteiger partial charge in [0.25, 0.3) is 0 Å². The van der Waals surface area contributed by atoms with E-state index in [4.69, 9.17) is 5.73 Å². The molecule has 0 aliphatic carbocycles. The SMILES string of the molecule is C[C@@H](c1ccccc1)c1ccn2ccc(N)cc12. The van der Waals surface area contributed by atoms with Crippen molar-refractivity contribution in [2.45, 2.75) is 12.8 Å². The van der Waals surface area contributed by atoms with Crippen molar-refractivity contribution in [3.63, 3.8) is 0 Å². The first-order chi connectivity index (χ1) is 8.75. The topological polar surface area (TPSA) is 30.4 Å². The van der Waals surface area contributed by atoms with Crippen LogP contribution in [0.15, 0.2) is 60.9 Å². The van der Waals surface area contributed by atoms with Crippen molar-refractivity contribution in [2.75, 3.05) is 5.73 Å². The van der Waals surface area contributed by atoms with Crippen LogP contribution in [0.2, 0.25) is 0 Å². The predicted molar refractivity (Wildman–Crippen MR) is 75.8 cm³/mol. The lowest BCUT2D eigenvalue weighted by Crippen LogP contribution is -1.96. The third-order valence-electron chi connectivity index (χ3n) is 3.49. The second-order valence-electron chi connectivity index (χ2n) is 4.66. The van der Waals surface area contributed by atoms with E-state index >= 15 is 0 Å². The number of rotatable bonds is 2. The molecule has 0 amide bonds. The monoisotopic (exact) mass is 236 g/mol. The van der Waals surface area contributed by atoms with Gasteiger partial charge in [0.05, 0.1) is 5.52 Å². The zero-order valence-electron chi connectivity index (χ0n) is 10.4. The summed E-state index contributed by atoms with van der Waals surface area (Å²) in [4.78, 5) is 0. The average Bonchev–Trinajstić information content (AvgIpc) is 2.82. The van der Waals surface area contributed by atoms with Gasteiger partial charge in [-0.15, -0.1) is 0 Å². The van der Waals surface area contributed by atoms with Gasteiger partial charge in [0.2, 0.25) is 0 Å². The summed E-state index contributed by atoms with van der Waals surface area (Å²) >= 11 is 0. The molecule has 2 nitrogen and oxygen atoms in total. The molecule has 0 unspecified atom stereocenters. The van der Waals surface area contributed by atoms with Crippen molar-refractivity contribution in [1.29, 1.82) is 0 Å². The van der Waals surface area contributed by atoms with E-state index in [2.05, 4.69) is 47.9 Å². The fourth-order valence-electron chi connectivity index (χ4n) is 2.42. The summed E-state index contributed by atoms with van der Waals surface area (Å²) < 4.78 is 2.12. The molecule has 18 heavy (non-hydrogen) atoms. The van der Waals surface area contributed by atoms with Crippen molar-refractivity contribution in [3.8, 4) is 0 Å². The third-order valence-corrected chi connectivity index (χ3v) is 3.49. The molecule has 3 aromatic rings. The third kappa shape index (κ3) is 1.76. The van der Waals surface area contributed by atoms with Crippen molar-refractivity contribution in [2.24, 2.45) is 0 Å². The molecule has 90 valence electrons. The lowest BCUT2D eigenvalue weighted by Gasteiger charge is -2.11. The molecule has 0 saturated heterocycles. The zero-order chi connectivity index (χ0) is 12.5. The van der Waals surface area contributed by atoms with Crippen LogP contribution in [0.4, 0.5) is 5.69 Å². The summed E-state index contributed by atoms with van der Waals surface area (Å²) in [5.41, 5.74) is 10.5. The molecular formula is C16H16N2. The van der Waals surface area contributed by atoms with Crippen LogP contribution in [0.3, 0.4) is 0 Å². The van der Waals surface area contributed by atoms with Crippen LogP contribution < -0.4 is 5.73 Å². The Bertz CT molecular complexity index is 668. The minimum absolute atomic E-state index is 0.373. The lowest BCUT2D eigenvalue weighted by molar-refractivity contribution is 0.933. The van der Waals surface area contributed by atoms with Gasteiger partial charge >= 0.3 is 0 Å². The molecule has 0 bridgehead atoms. The van der Waals surface area contributed by atoms with Gasteiger partial charge in [0.1, 0.15) is 0 Å². The summed E-state index contributed by atoms with van der Waals surface area (Å²) in [5, 5.41) is 0. The van der Waals surface area contributed by atoms with Gasteiger partial charge in [0.15, 0.2) is 0 Å². The van der Waals surface area contributed by atoms with Crippen LogP contribution in [-0.4, -0.2) is 4.40 Å². The van der Waals surface area contributed by atoms with Gasteiger partial charge in [-0.3, -0.25) is 0 Å². The van der Waals surface area contributed by atoms with Gasteiger partial charge in [-0.05, 0) is 29.3 Å². The highest BCUT2D eigenvalue weighted by Crippen LogP contribution is 2.28. The maximum Gasteiger partial charge on any atom is 0.0508 e. The molecule has 0 aliphatic heterocycles.